The van der Waals surface area contributed by atoms with Crippen LogP contribution >= 0.6 is 0 Å². The van der Waals surface area contributed by atoms with E-state index in [1.54, 1.807) is 0 Å². The fourth-order valence-corrected chi connectivity index (χ4v) is 5.66. The largest absolute Gasteiger partial charge is 0.393 e. The van der Waals surface area contributed by atoms with Crippen LogP contribution in [0.15, 0.2) is 0 Å². The number of nitrogens with one attached hydrogen (secondary N) is 2. The number of piperidine rings is 4. The third kappa shape index (κ3) is 1.83. The number of hydrogen-bond donors (Lipinski definition) is 3. The van der Waals surface area contributed by atoms with Crippen molar-refractivity contribution in [1.82, 2.24) is 0 Å². The average Bonchev–Trinajstić information content (AvgIpc) is 2.40. The molecule has 0 radical (unpaired) electrons. The third-order valence-electron chi connectivity index (χ3n) is 6.43. The molecule has 2 unspecified atom stereocenters. The summed E-state index contributed by atoms with van der Waals surface area (Å²) in [7, 11) is 0. The summed E-state index contributed by atoms with van der Waals surface area (Å²) in [5, 5.41) is 9.96. The predicted molar refractivity (Wildman–Crippen MR) is 69.7 cm³/mol. The molecule has 0 aliphatic carbocycles. The van der Waals surface area contributed by atoms with Gasteiger partial charge in [-0.2, -0.15) is 0 Å². The van der Waals surface area contributed by atoms with E-state index in [-0.39, 0.29) is 6.10 Å². The van der Waals surface area contributed by atoms with Gasteiger partial charge in [-0.3, -0.25) is 0 Å². The van der Waals surface area contributed by atoms with Crippen LogP contribution in [-0.2, 0) is 0 Å². The molecule has 4 rings (SSSR count). The van der Waals surface area contributed by atoms with Crippen molar-refractivity contribution < 1.29 is 14.9 Å². The Morgan fingerprint density at radius 1 is 0.778 bits per heavy atom. The summed E-state index contributed by atoms with van der Waals surface area (Å²) in [6.45, 7) is 5.51. The van der Waals surface area contributed by atoms with Gasteiger partial charge in [0.05, 0.1) is 56.2 Å². The van der Waals surface area contributed by atoms with Crippen LogP contribution in [0.4, 0.5) is 0 Å². The number of hydrogen-bond acceptors (Lipinski definition) is 1. The van der Waals surface area contributed by atoms with Crippen molar-refractivity contribution in [3.8, 4) is 0 Å². The second-order valence-electron chi connectivity index (χ2n) is 7.37. The summed E-state index contributed by atoms with van der Waals surface area (Å²) >= 11 is 0. The van der Waals surface area contributed by atoms with Crippen molar-refractivity contribution in [2.75, 3.05) is 26.2 Å². The highest BCUT2D eigenvalue weighted by Gasteiger charge is 2.52. The number of aliphatic hydroxyl groups is 1. The van der Waals surface area contributed by atoms with Crippen LogP contribution in [0.25, 0.3) is 0 Å². The molecule has 3 nitrogen and oxygen atoms in total. The Hall–Kier alpha value is -0.120. The quantitative estimate of drug-likeness (QED) is 0.480. The molecule has 0 aromatic heterocycles. The Balaban J connectivity index is 1.55. The van der Waals surface area contributed by atoms with Gasteiger partial charge in [-0.1, -0.05) is 0 Å². The van der Waals surface area contributed by atoms with Gasteiger partial charge in [0.25, 0.3) is 0 Å². The van der Waals surface area contributed by atoms with Crippen molar-refractivity contribution in [3.63, 3.8) is 0 Å². The van der Waals surface area contributed by atoms with Crippen LogP contribution in [0, 0.1) is 11.8 Å². The zero-order valence-corrected chi connectivity index (χ0v) is 11.4. The van der Waals surface area contributed by atoms with Crippen molar-refractivity contribution in [2.45, 2.75) is 56.7 Å². The standard InChI is InChI=1S/C15H26N2O/c18-13-4-6-17-9-11-7-12(15(17)8-13)10-16-5-2-1-3-14(11)16/h11-15,18H,1-10H2/p+2/t11-,12-,13+,14-,15+/m1/s1. The van der Waals surface area contributed by atoms with E-state index in [1.165, 1.54) is 51.9 Å². The van der Waals surface area contributed by atoms with E-state index in [9.17, 15) is 5.11 Å². The third-order valence-corrected chi connectivity index (χ3v) is 6.43. The van der Waals surface area contributed by atoms with Crippen molar-refractivity contribution >= 4 is 0 Å². The first-order chi connectivity index (χ1) is 8.81. The lowest BCUT2D eigenvalue weighted by Crippen LogP contribution is -3.26. The molecule has 3 N–H and O–H groups in total. The number of quaternary nitrogens is 2. The molecular formula is C15H28N2O+2. The lowest BCUT2D eigenvalue weighted by Gasteiger charge is -2.53. The topological polar surface area (TPSA) is 29.1 Å². The fraction of sp³-hybridized carbons (Fsp3) is 1.00. The molecule has 4 aliphatic heterocycles. The van der Waals surface area contributed by atoms with Crippen LogP contribution in [0.2, 0.25) is 0 Å². The molecule has 4 heterocycles. The molecule has 4 saturated heterocycles. The van der Waals surface area contributed by atoms with Gasteiger partial charge in [0, 0.05) is 19.3 Å². The zero-order chi connectivity index (χ0) is 12.1. The van der Waals surface area contributed by atoms with E-state index in [0.29, 0.717) is 0 Å². The van der Waals surface area contributed by atoms with E-state index in [2.05, 4.69) is 0 Å². The van der Waals surface area contributed by atoms with Gasteiger partial charge >= 0.3 is 0 Å². The molecule has 4 fully saturated rings. The van der Waals surface area contributed by atoms with Crippen LogP contribution < -0.4 is 9.80 Å². The Morgan fingerprint density at radius 2 is 1.56 bits per heavy atom. The smallest absolute Gasteiger partial charge is 0.0982 e. The van der Waals surface area contributed by atoms with Crippen LogP contribution in [0.1, 0.15) is 38.5 Å². The lowest BCUT2D eigenvalue weighted by atomic mass is 9.70. The normalized spacial score (nSPS) is 55.5. The van der Waals surface area contributed by atoms with E-state index in [1.807, 2.05) is 9.80 Å². The minimum Gasteiger partial charge on any atom is -0.393 e. The van der Waals surface area contributed by atoms with Crippen molar-refractivity contribution in [2.24, 2.45) is 11.8 Å². The lowest BCUT2D eigenvalue weighted by molar-refractivity contribution is -0.994. The van der Waals surface area contributed by atoms with Gasteiger partial charge in [0.1, 0.15) is 0 Å². The average molecular weight is 252 g/mol. The second-order valence-corrected chi connectivity index (χ2v) is 7.37. The molecule has 4 aliphatic rings. The molecule has 3 heteroatoms. The summed E-state index contributed by atoms with van der Waals surface area (Å²) in [5.74, 6) is 1.92. The summed E-state index contributed by atoms with van der Waals surface area (Å²) < 4.78 is 0. The maximum absolute atomic E-state index is 9.96. The van der Waals surface area contributed by atoms with Gasteiger partial charge in [-0.25, -0.2) is 0 Å². The Morgan fingerprint density at radius 3 is 2.44 bits per heavy atom. The van der Waals surface area contributed by atoms with E-state index in [4.69, 9.17) is 0 Å². The summed E-state index contributed by atoms with van der Waals surface area (Å²) in [6.07, 6.45) is 8.05. The first kappa shape index (κ1) is 11.7. The molecule has 2 bridgehead atoms. The number of aliphatic hydroxyl groups excluding tert-OH is 1. The SMILES string of the molecule is O[C@H]1CC[NH+]2C[C@H]3C[C@H](C[NH+]4CCCC[C@H]34)[C@@H]2C1. The van der Waals surface area contributed by atoms with Gasteiger partial charge in [-0.15, -0.1) is 0 Å². The number of fused-ring (bicyclic) bond motifs is 6. The predicted octanol–water partition coefficient (Wildman–Crippen LogP) is -1.52. The minimum atomic E-state index is 0.00405. The van der Waals surface area contributed by atoms with Crippen LogP contribution in [0.3, 0.4) is 0 Å². The fourth-order valence-electron chi connectivity index (χ4n) is 5.66. The highest BCUT2D eigenvalue weighted by atomic mass is 16.3. The minimum absolute atomic E-state index is 0.00405. The maximum Gasteiger partial charge on any atom is 0.0982 e. The van der Waals surface area contributed by atoms with Gasteiger partial charge in [-0.05, 0) is 19.3 Å². The van der Waals surface area contributed by atoms with Crippen molar-refractivity contribution in [1.29, 1.82) is 0 Å². The highest BCUT2D eigenvalue weighted by Crippen LogP contribution is 2.29. The Bertz CT molecular complexity index is 322. The van der Waals surface area contributed by atoms with Crippen molar-refractivity contribution in [3.05, 3.63) is 0 Å². The van der Waals surface area contributed by atoms with E-state index >= 15 is 0 Å². The maximum atomic E-state index is 9.96. The molecule has 0 amide bonds. The molecule has 102 valence electrons. The Kier molecular flexibility index (Phi) is 2.90. The first-order valence-corrected chi connectivity index (χ1v) is 8.18. The van der Waals surface area contributed by atoms with Gasteiger partial charge in [0.2, 0.25) is 0 Å². The summed E-state index contributed by atoms with van der Waals surface area (Å²) in [5.41, 5.74) is 0. The molecule has 7 atom stereocenters. The zero-order valence-electron chi connectivity index (χ0n) is 11.4. The molecule has 0 spiro atoms. The summed E-state index contributed by atoms with van der Waals surface area (Å²) in [4.78, 5) is 3.78. The Labute approximate surface area is 110 Å². The molecule has 0 aromatic rings. The highest BCUT2D eigenvalue weighted by molar-refractivity contribution is 4.88. The van der Waals surface area contributed by atoms with Crippen LogP contribution in [-0.4, -0.2) is 49.5 Å². The van der Waals surface area contributed by atoms with E-state index < -0.39 is 0 Å². The second kappa shape index (κ2) is 4.46. The molecule has 0 aromatic carbocycles. The monoisotopic (exact) mass is 252 g/mol. The first-order valence-electron chi connectivity index (χ1n) is 8.18. The van der Waals surface area contributed by atoms with Crippen LogP contribution in [0.5, 0.6) is 0 Å². The number of rotatable bonds is 0. The van der Waals surface area contributed by atoms with Gasteiger partial charge in [0.15, 0.2) is 0 Å². The molecule has 0 saturated carbocycles. The van der Waals surface area contributed by atoms with Gasteiger partial charge < -0.3 is 14.9 Å². The summed E-state index contributed by atoms with van der Waals surface area (Å²) in [6, 6.07) is 1.79. The molecule has 18 heavy (non-hydrogen) atoms. The van der Waals surface area contributed by atoms with E-state index in [0.717, 1.165) is 36.8 Å². The molecular weight excluding hydrogens is 224 g/mol.